The van der Waals surface area contributed by atoms with Crippen LogP contribution in [-0.4, -0.2) is 41.8 Å². The Morgan fingerprint density at radius 3 is 2.73 bits per heavy atom. The van der Waals surface area contributed by atoms with Gasteiger partial charge in [-0.05, 0) is 40.6 Å². The van der Waals surface area contributed by atoms with Gasteiger partial charge < -0.3 is 10.3 Å². The first-order chi connectivity index (χ1) is 14.5. The van der Waals surface area contributed by atoms with E-state index in [0.717, 1.165) is 22.8 Å². The third kappa shape index (κ3) is 4.18. The number of hydrogen-bond donors (Lipinski definition) is 2. The summed E-state index contributed by atoms with van der Waals surface area (Å²) in [7, 11) is 0. The molecule has 0 spiro atoms. The molecule has 0 fully saturated rings. The zero-order valence-electron chi connectivity index (χ0n) is 16.4. The number of hydrogen-bond acceptors (Lipinski definition) is 6. The van der Waals surface area contributed by atoms with Crippen molar-refractivity contribution in [2.24, 2.45) is 5.92 Å². The zero-order chi connectivity index (χ0) is 21.1. The van der Waals surface area contributed by atoms with Gasteiger partial charge >= 0.3 is 0 Å². The van der Waals surface area contributed by atoms with E-state index in [9.17, 15) is 9.18 Å². The quantitative estimate of drug-likeness (QED) is 0.441. The lowest BCUT2D eigenvalue weighted by molar-refractivity contribution is -0.119. The molecule has 4 aromatic rings. The molecule has 4 rings (SSSR count). The lowest BCUT2D eigenvalue weighted by atomic mass is 10.0. The van der Waals surface area contributed by atoms with Crippen molar-refractivity contribution in [1.82, 2.24) is 35.5 Å². The molecule has 0 bridgehead atoms. The average Bonchev–Trinajstić information content (AvgIpc) is 3.37. The predicted octanol–water partition coefficient (Wildman–Crippen LogP) is 3.28. The van der Waals surface area contributed by atoms with Gasteiger partial charge in [-0.15, -0.1) is 5.10 Å². The summed E-state index contributed by atoms with van der Waals surface area (Å²) in [5, 5.41) is 14.7. The topological polar surface area (TPSA) is 101 Å². The Morgan fingerprint density at radius 2 is 1.97 bits per heavy atom. The molecule has 0 unspecified atom stereocenters. The van der Waals surface area contributed by atoms with Crippen molar-refractivity contribution in [3.63, 3.8) is 0 Å². The second-order valence-electron chi connectivity index (χ2n) is 7.04. The van der Waals surface area contributed by atoms with Gasteiger partial charge in [0.2, 0.25) is 11.1 Å². The van der Waals surface area contributed by atoms with E-state index in [0.29, 0.717) is 11.0 Å². The monoisotopic (exact) mass is 425 g/mol. The number of nitrogens with one attached hydrogen (secondary N) is 2. The molecule has 0 saturated heterocycles. The lowest BCUT2D eigenvalue weighted by Crippen LogP contribution is -2.33. The van der Waals surface area contributed by atoms with Gasteiger partial charge in [-0.1, -0.05) is 49.9 Å². The van der Waals surface area contributed by atoms with E-state index in [-0.39, 0.29) is 29.3 Å². The number of thioether (sulfide) groups is 1. The Bertz CT molecular complexity index is 1140. The largest absolute Gasteiger partial charge is 0.345 e. The molecule has 154 valence electrons. The van der Waals surface area contributed by atoms with Crippen LogP contribution in [0.2, 0.25) is 0 Å². The smallest absolute Gasteiger partial charge is 0.231 e. The molecule has 2 aromatic carbocycles. The van der Waals surface area contributed by atoms with Crippen LogP contribution in [0.3, 0.4) is 0 Å². The standard InChI is InChI=1S/C20H20FN7OS/c1-12(2)18(19-22-14-8-4-5-9-15(14)23-19)24-17(29)11-30-20-25-26-27-28(20)16-10-6-3-7-13(16)21/h3-10,12,18H,11H2,1-2H3,(H,22,23)(H,24,29)/t18-/m1/s1. The first kappa shape index (κ1) is 20.0. The Balaban J connectivity index is 1.45. The van der Waals surface area contributed by atoms with Gasteiger partial charge in [0.15, 0.2) is 0 Å². The molecule has 2 N–H and O–H groups in total. The third-order valence-corrected chi connectivity index (χ3v) is 5.46. The summed E-state index contributed by atoms with van der Waals surface area (Å²) >= 11 is 1.14. The number of carbonyl (C=O) groups excluding carboxylic acids is 1. The maximum atomic E-state index is 14.1. The highest BCUT2D eigenvalue weighted by Crippen LogP contribution is 2.24. The maximum Gasteiger partial charge on any atom is 0.231 e. The Hall–Kier alpha value is -3.27. The first-order valence-electron chi connectivity index (χ1n) is 9.43. The van der Waals surface area contributed by atoms with Crippen LogP contribution in [-0.2, 0) is 4.79 Å². The number of fused-ring (bicyclic) bond motifs is 1. The van der Waals surface area contributed by atoms with Crippen molar-refractivity contribution in [3.8, 4) is 5.69 Å². The minimum absolute atomic E-state index is 0.0816. The predicted molar refractivity (Wildman–Crippen MR) is 112 cm³/mol. The molecule has 0 aliphatic rings. The maximum absolute atomic E-state index is 14.1. The minimum Gasteiger partial charge on any atom is -0.345 e. The van der Waals surface area contributed by atoms with Crippen LogP contribution in [0.15, 0.2) is 53.7 Å². The summed E-state index contributed by atoms with van der Waals surface area (Å²) in [5.41, 5.74) is 2.00. The Labute approximate surface area is 176 Å². The number of benzene rings is 2. The van der Waals surface area contributed by atoms with Gasteiger partial charge in [0.05, 0.1) is 22.8 Å². The van der Waals surface area contributed by atoms with Crippen molar-refractivity contribution in [2.45, 2.75) is 25.0 Å². The minimum atomic E-state index is -0.444. The summed E-state index contributed by atoms with van der Waals surface area (Å²) in [5.74, 6) is 0.283. The molecule has 8 nitrogen and oxygen atoms in total. The van der Waals surface area contributed by atoms with Crippen molar-refractivity contribution < 1.29 is 9.18 Å². The molecule has 10 heteroatoms. The number of para-hydroxylation sites is 3. The van der Waals surface area contributed by atoms with Crippen molar-refractivity contribution in [1.29, 1.82) is 0 Å². The third-order valence-electron chi connectivity index (χ3n) is 4.54. The molecular formula is C20H20FN7OS. The summed E-state index contributed by atoms with van der Waals surface area (Å²) in [6, 6.07) is 13.7. The van der Waals surface area contributed by atoms with Crippen LogP contribution < -0.4 is 5.32 Å². The van der Waals surface area contributed by atoms with Gasteiger partial charge in [-0.25, -0.2) is 9.37 Å². The summed E-state index contributed by atoms with van der Waals surface area (Å²) in [6.45, 7) is 4.04. The van der Waals surface area contributed by atoms with Crippen molar-refractivity contribution in [2.75, 3.05) is 5.75 Å². The number of halogens is 1. The highest BCUT2D eigenvalue weighted by Gasteiger charge is 2.22. The number of aromatic amines is 1. The van der Waals surface area contributed by atoms with Crippen LogP contribution in [0.1, 0.15) is 25.7 Å². The average molecular weight is 425 g/mol. The molecule has 2 aromatic heterocycles. The van der Waals surface area contributed by atoms with Crippen molar-refractivity contribution in [3.05, 3.63) is 60.2 Å². The number of imidazole rings is 1. The fourth-order valence-electron chi connectivity index (χ4n) is 3.06. The fourth-order valence-corrected chi connectivity index (χ4v) is 3.75. The Kier molecular flexibility index (Phi) is 5.75. The van der Waals surface area contributed by atoms with Gasteiger partial charge in [0.1, 0.15) is 17.3 Å². The molecule has 2 heterocycles. The van der Waals surface area contributed by atoms with Crippen LogP contribution in [0.25, 0.3) is 16.7 Å². The van der Waals surface area contributed by atoms with E-state index in [1.807, 2.05) is 38.1 Å². The highest BCUT2D eigenvalue weighted by atomic mass is 32.2. The number of aromatic nitrogens is 6. The first-order valence-corrected chi connectivity index (χ1v) is 10.4. The second kappa shape index (κ2) is 8.62. The van der Waals surface area contributed by atoms with E-state index in [2.05, 4.69) is 30.8 Å². The normalized spacial score (nSPS) is 12.4. The van der Waals surface area contributed by atoms with E-state index >= 15 is 0 Å². The highest BCUT2D eigenvalue weighted by molar-refractivity contribution is 7.99. The number of carbonyl (C=O) groups is 1. The number of nitrogens with zero attached hydrogens (tertiary/aromatic N) is 5. The van der Waals surface area contributed by atoms with Gasteiger partial charge in [-0.2, -0.15) is 4.68 Å². The van der Waals surface area contributed by atoms with E-state index in [1.165, 1.54) is 10.7 Å². The molecule has 1 atom stereocenters. The van der Waals surface area contributed by atoms with Gasteiger partial charge in [-0.3, -0.25) is 4.79 Å². The summed E-state index contributed by atoms with van der Waals surface area (Å²) < 4.78 is 15.3. The summed E-state index contributed by atoms with van der Waals surface area (Å²) in [6.07, 6.45) is 0. The Morgan fingerprint density at radius 1 is 1.20 bits per heavy atom. The van der Waals surface area contributed by atoms with E-state index in [1.54, 1.807) is 18.2 Å². The van der Waals surface area contributed by atoms with Gasteiger partial charge in [0, 0.05) is 0 Å². The number of amides is 1. The molecule has 1 amide bonds. The number of tetrazole rings is 1. The summed E-state index contributed by atoms with van der Waals surface area (Å²) in [4.78, 5) is 20.5. The molecule has 0 saturated carbocycles. The van der Waals surface area contributed by atoms with Crippen LogP contribution >= 0.6 is 11.8 Å². The molecule has 30 heavy (non-hydrogen) atoms. The van der Waals surface area contributed by atoms with E-state index < -0.39 is 5.82 Å². The SMILES string of the molecule is CC(C)[C@@H](NC(=O)CSc1nnnn1-c1ccccc1F)c1nc2ccccc2[nH]1. The second-order valence-corrected chi connectivity index (χ2v) is 7.98. The van der Waals surface area contributed by atoms with Crippen LogP contribution in [0, 0.1) is 11.7 Å². The van der Waals surface area contributed by atoms with Crippen LogP contribution in [0.4, 0.5) is 4.39 Å². The fraction of sp³-hybridized carbons (Fsp3) is 0.250. The molecule has 0 aliphatic carbocycles. The zero-order valence-corrected chi connectivity index (χ0v) is 17.2. The van der Waals surface area contributed by atoms with Gasteiger partial charge in [0.25, 0.3) is 0 Å². The lowest BCUT2D eigenvalue weighted by Gasteiger charge is -2.20. The van der Waals surface area contributed by atoms with E-state index in [4.69, 9.17) is 0 Å². The number of rotatable bonds is 7. The van der Waals surface area contributed by atoms with Crippen molar-refractivity contribution >= 4 is 28.7 Å². The number of H-pyrrole nitrogens is 1. The molecule has 0 radical (unpaired) electrons. The molecule has 0 aliphatic heterocycles. The van der Waals surface area contributed by atoms with Crippen LogP contribution in [0.5, 0.6) is 0 Å². The molecular weight excluding hydrogens is 405 g/mol.